The zero-order valence-corrected chi connectivity index (χ0v) is 10.5. The number of H-pyrrole nitrogens is 1. The fourth-order valence-electron chi connectivity index (χ4n) is 1.79. The molecule has 0 aromatic carbocycles. The topological polar surface area (TPSA) is 77.0 Å². The van der Waals surface area contributed by atoms with Crippen LogP contribution in [0.25, 0.3) is 11.0 Å². The number of nitrogens with one attached hydrogen (secondary N) is 1. The molecule has 0 spiro atoms. The molecule has 0 unspecified atom stereocenters. The third-order valence-electron chi connectivity index (χ3n) is 2.65. The van der Waals surface area contributed by atoms with Crippen LogP contribution in [0.4, 0.5) is 13.2 Å². The Labute approximate surface area is 110 Å². The first-order chi connectivity index (χ1) is 9.24. The number of aromatic amines is 1. The van der Waals surface area contributed by atoms with E-state index < -0.39 is 30.1 Å². The number of carbonyl (C=O) groups is 1. The third kappa shape index (κ3) is 2.38. The molecule has 1 N–H and O–H groups in total. The number of alkyl halides is 3. The number of nitrogens with zero attached hydrogens (tertiary/aromatic N) is 2. The Morgan fingerprint density at radius 3 is 2.70 bits per heavy atom. The summed E-state index contributed by atoms with van der Waals surface area (Å²) in [5, 5.41) is -0.0144. The van der Waals surface area contributed by atoms with Crippen molar-refractivity contribution in [1.82, 2.24) is 14.5 Å². The Kier molecular flexibility index (Phi) is 3.28. The molecule has 20 heavy (non-hydrogen) atoms. The molecule has 0 bridgehead atoms. The summed E-state index contributed by atoms with van der Waals surface area (Å²) < 4.78 is 43.3. The Balaban J connectivity index is 2.76. The summed E-state index contributed by atoms with van der Waals surface area (Å²) in [5.41, 5.74) is -0.619. The molecule has 0 aliphatic heterocycles. The summed E-state index contributed by atoms with van der Waals surface area (Å²) in [7, 11) is 1.02. The first-order valence-electron chi connectivity index (χ1n) is 5.48. The van der Waals surface area contributed by atoms with Crippen LogP contribution in [0.5, 0.6) is 0 Å². The van der Waals surface area contributed by atoms with Gasteiger partial charge >= 0.3 is 12.1 Å². The van der Waals surface area contributed by atoms with Gasteiger partial charge in [0.05, 0.1) is 12.5 Å². The van der Waals surface area contributed by atoms with Gasteiger partial charge in [-0.25, -0.2) is 4.98 Å². The van der Waals surface area contributed by atoms with Crippen LogP contribution in [0.3, 0.4) is 0 Å². The molecule has 0 amide bonds. The maximum atomic E-state index is 12.9. The molecule has 2 aromatic rings. The average Bonchev–Trinajstić information content (AvgIpc) is 2.72. The van der Waals surface area contributed by atoms with Crippen molar-refractivity contribution < 1.29 is 22.7 Å². The van der Waals surface area contributed by atoms with E-state index in [0.29, 0.717) is 5.69 Å². The van der Waals surface area contributed by atoms with Gasteiger partial charge in [0, 0.05) is 5.69 Å². The third-order valence-corrected chi connectivity index (χ3v) is 2.65. The van der Waals surface area contributed by atoms with Gasteiger partial charge in [-0.3, -0.25) is 14.2 Å². The second kappa shape index (κ2) is 4.66. The molecule has 0 radical (unpaired) electrons. The second-order valence-corrected chi connectivity index (χ2v) is 4.12. The number of halogens is 3. The number of aromatic nitrogens is 3. The Hall–Kier alpha value is -2.32. The number of aryl methyl sites for hydroxylation is 1. The normalized spacial score (nSPS) is 11.8. The molecule has 0 aliphatic rings. The summed E-state index contributed by atoms with van der Waals surface area (Å²) in [6.45, 7) is 0.733. The van der Waals surface area contributed by atoms with Gasteiger partial charge in [-0.1, -0.05) is 0 Å². The molecule has 0 aliphatic carbocycles. The Morgan fingerprint density at radius 1 is 1.50 bits per heavy atom. The first-order valence-corrected chi connectivity index (χ1v) is 5.48. The monoisotopic (exact) mass is 289 g/mol. The minimum atomic E-state index is -4.86. The van der Waals surface area contributed by atoms with E-state index in [9.17, 15) is 22.8 Å². The maximum Gasteiger partial charge on any atom is 0.449 e. The van der Waals surface area contributed by atoms with Crippen LogP contribution in [0, 0.1) is 6.92 Å². The number of rotatable bonds is 2. The molecule has 2 heterocycles. The van der Waals surface area contributed by atoms with E-state index in [0.717, 1.165) is 7.11 Å². The number of ether oxygens (including phenoxy) is 1. The largest absolute Gasteiger partial charge is 0.468 e. The van der Waals surface area contributed by atoms with Gasteiger partial charge in [0.15, 0.2) is 0 Å². The van der Waals surface area contributed by atoms with Gasteiger partial charge < -0.3 is 9.72 Å². The summed E-state index contributed by atoms with van der Waals surface area (Å²) in [5.74, 6) is -2.41. The number of hydrogen-bond acceptors (Lipinski definition) is 4. The van der Waals surface area contributed by atoms with Crippen molar-refractivity contribution in [2.75, 3.05) is 7.11 Å². The van der Waals surface area contributed by atoms with Gasteiger partial charge in [-0.2, -0.15) is 13.2 Å². The lowest BCUT2D eigenvalue weighted by Crippen LogP contribution is -2.32. The number of esters is 1. The van der Waals surface area contributed by atoms with Crippen molar-refractivity contribution >= 4 is 17.0 Å². The molecule has 6 nitrogen and oxygen atoms in total. The molecule has 0 fully saturated rings. The minimum Gasteiger partial charge on any atom is -0.468 e. The highest BCUT2D eigenvalue weighted by Crippen LogP contribution is 2.28. The molecule has 0 saturated heterocycles. The lowest BCUT2D eigenvalue weighted by molar-refractivity contribution is -0.150. The lowest BCUT2D eigenvalue weighted by atomic mass is 10.3. The smallest absolute Gasteiger partial charge is 0.449 e. The zero-order valence-electron chi connectivity index (χ0n) is 10.5. The van der Waals surface area contributed by atoms with Crippen molar-refractivity contribution in [2.45, 2.75) is 19.6 Å². The van der Waals surface area contributed by atoms with Crippen LogP contribution in [0.2, 0.25) is 0 Å². The van der Waals surface area contributed by atoms with E-state index in [2.05, 4.69) is 14.7 Å². The standard InChI is InChI=1S/C11H10F3N3O3/c1-5-3-6-8(15-5)16-10(11(12,13)14)17(9(6)19)4-7(18)20-2/h3,15H,4H2,1-2H3. The molecule has 9 heteroatoms. The molecular formula is C11H10F3N3O3. The second-order valence-electron chi connectivity index (χ2n) is 4.12. The van der Waals surface area contributed by atoms with Crippen LogP contribution in [0.15, 0.2) is 10.9 Å². The lowest BCUT2D eigenvalue weighted by Gasteiger charge is -2.13. The summed E-state index contributed by atoms with van der Waals surface area (Å²) in [6, 6.07) is 1.37. The molecule has 2 rings (SSSR count). The maximum absolute atomic E-state index is 12.9. The van der Waals surface area contributed by atoms with Crippen molar-refractivity contribution in [3.05, 3.63) is 27.9 Å². The predicted octanol–water partition coefficient (Wildman–Crippen LogP) is 1.22. The highest BCUT2D eigenvalue weighted by Gasteiger charge is 2.38. The van der Waals surface area contributed by atoms with Crippen molar-refractivity contribution in [3.8, 4) is 0 Å². The van der Waals surface area contributed by atoms with Crippen LogP contribution in [-0.4, -0.2) is 27.6 Å². The van der Waals surface area contributed by atoms with Gasteiger partial charge in [-0.15, -0.1) is 0 Å². The number of carbonyl (C=O) groups excluding carboxylic acids is 1. The van der Waals surface area contributed by atoms with E-state index in [1.165, 1.54) is 6.07 Å². The highest BCUT2D eigenvalue weighted by atomic mass is 19.4. The summed E-state index contributed by atoms with van der Waals surface area (Å²) in [4.78, 5) is 29.2. The quantitative estimate of drug-likeness (QED) is 0.843. The summed E-state index contributed by atoms with van der Waals surface area (Å²) >= 11 is 0. The number of hydrogen-bond donors (Lipinski definition) is 1. The number of fused-ring (bicyclic) bond motifs is 1. The van der Waals surface area contributed by atoms with Gasteiger partial charge in [0.25, 0.3) is 5.56 Å². The molecule has 2 aromatic heterocycles. The van der Waals surface area contributed by atoms with Crippen molar-refractivity contribution in [1.29, 1.82) is 0 Å². The first kappa shape index (κ1) is 14.1. The van der Waals surface area contributed by atoms with E-state index >= 15 is 0 Å². The van der Waals surface area contributed by atoms with E-state index in [1.807, 2.05) is 0 Å². The Bertz CT molecular complexity index is 730. The zero-order chi connectivity index (χ0) is 15.1. The van der Waals surface area contributed by atoms with Gasteiger partial charge in [-0.05, 0) is 13.0 Å². The van der Waals surface area contributed by atoms with Crippen LogP contribution in [0.1, 0.15) is 11.5 Å². The molecular weight excluding hydrogens is 279 g/mol. The predicted molar refractivity (Wildman–Crippen MR) is 62.1 cm³/mol. The Morgan fingerprint density at radius 2 is 2.15 bits per heavy atom. The van der Waals surface area contributed by atoms with Crippen LogP contribution < -0.4 is 5.56 Å². The highest BCUT2D eigenvalue weighted by molar-refractivity contribution is 5.76. The van der Waals surface area contributed by atoms with Crippen molar-refractivity contribution in [2.24, 2.45) is 0 Å². The van der Waals surface area contributed by atoms with Crippen LogP contribution >= 0.6 is 0 Å². The minimum absolute atomic E-state index is 0.0144. The molecule has 108 valence electrons. The van der Waals surface area contributed by atoms with Gasteiger partial charge in [0.2, 0.25) is 5.82 Å². The van der Waals surface area contributed by atoms with E-state index in [1.54, 1.807) is 6.92 Å². The fraction of sp³-hybridized carbons (Fsp3) is 0.364. The van der Waals surface area contributed by atoms with E-state index in [-0.39, 0.29) is 15.6 Å². The SMILES string of the molecule is COC(=O)Cn1c(C(F)(F)F)nc2[nH]c(C)cc2c1=O. The van der Waals surface area contributed by atoms with Crippen LogP contribution in [-0.2, 0) is 22.3 Å². The van der Waals surface area contributed by atoms with Gasteiger partial charge in [0.1, 0.15) is 12.2 Å². The molecule has 0 saturated carbocycles. The number of methoxy groups -OCH3 is 1. The fourth-order valence-corrected chi connectivity index (χ4v) is 1.79. The average molecular weight is 289 g/mol. The van der Waals surface area contributed by atoms with E-state index in [4.69, 9.17) is 0 Å². The molecule has 0 atom stereocenters. The summed E-state index contributed by atoms with van der Waals surface area (Å²) in [6.07, 6.45) is -4.86. The van der Waals surface area contributed by atoms with Crippen molar-refractivity contribution in [3.63, 3.8) is 0 Å².